The zero-order chi connectivity index (χ0) is 13.5. The lowest BCUT2D eigenvalue weighted by molar-refractivity contribution is -0.139. The Balaban J connectivity index is 2.29. The molecule has 0 radical (unpaired) electrons. The Labute approximate surface area is 112 Å². The first kappa shape index (κ1) is 13.0. The number of esters is 1. The van der Waals surface area contributed by atoms with Crippen molar-refractivity contribution < 1.29 is 9.53 Å². The van der Waals surface area contributed by atoms with E-state index in [0.717, 1.165) is 16.8 Å². The Bertz CT molecular complexity index is 562. The van der Waals surface area contributed by atoms with Crippen LogP contribution in [0.5, 0.6) is 0 Å². The second-order valence-corrected chi connectivity index (χ2v) is 4.08. The summed E-state index contributed by atoms with van der Waals surface area (Å²) in [4.78, 5) is 15.3. The second-order valence-electron chi connectivity index (χ2n) is 4.08. The summed E-state index contributed by atoms with van der Waals surface area (Å²) in [6.07, 6.45) is 3.70. The van der Waals surface area contributed by atoms with Crippen LogP contribution in [-0.2, 0) is 9.53 Å². The average Bonchev–Trinajstić information content (AvgIpc) is 2.45. The summed E-state index contributed by atoms with van der Waals surface area (Å²) >= 11 is 0. The molecule has 0 saturated heterocycles. The van der Waals surface area contributed by atoms with Crippen molar-refractivity contribution in [2.24, 2.45) is 0 Å². The molecule has 1 aromatic heterocycles. The fourth-order valence-electron chi connectivity index (χ4n) is 1.67. The maximum atomic E-state index is 11.0. The van der Waals surface area contributed by atoms with Gasteiger partial charge in [-0.1, -0.05) is 36.4 Å². The number of pyridine rings is 1. The minimum atomic E-state index is -0.296. The van der Waals surface area contributed by atoms with Crippen molar-refractivity contribution in [3.8, 4) is 0 Å². The van der Waals surface area contributed by atoms with E-state index in [1.54, 1.807) is 6.20 Å². The number of ether oxygens (including phenoxy) is 1. The number of rotatable bonds is 4. The molecule has 1 aromatic carbocycles. The molecule has 0 unspecified atom stereocenters. The fourth-order valence-corrected chi connectivity index (χ4v) is 1.67. The zero-order valence-corrected chi connectivity index (χ0v) is 10.7. The molecular formula is C16H15NO2. The van der Waals surface area contributed by atoms with Crippen LogP contribution in [0, 0.1) is 0 Å². The standard InChI is InChI=1S/C16H15NO2/c1-13(18)19-12-15(16-9-5-6-10-17-16)11-14-7-3-2-4-8-14/h2-11H,12H2,1H3/b15-11+. The van der Waals surface area contributed by atoms with E-state index in [9.17, 15) is 4.79 Å². The second kappa shape index (κ2) is 6.50. The Morgan fingerprint density at radius 3 is 2.53 bits per heavy atom. The van der Waals surface area contributed by atoms with Gasteiger partial charge in [0.1, 0.15) is 6.61 Å². The van der Waals surface area contributed by atoms with Crippen LogP contribution in [0.25, 0.3) is 11.6 Å². The molecule has 0 atom stereocenters. The monoisotopic (exact) mass is 253 g/mol. The van der Waals surface area contributed by atoms with Crippen molar-refractivity contribution >= 4 is 17.6 Å². The number of hydrogen-bond acceptors (Lipinski definition) is 3. The third kappa shape index (κ3) is 4.07. The van der Waals surface area contributed by atoms with Gasteiger partial charge in [-0.15, -0.1) is 0 Å². The summed E-state index contributed by atoms with van der Waals surface area (Å²) in [5, 5.41) is 0. The lowest BCUT2D eigenvalue weighted by Crippen LogP contribution is -2.03. The molecular weight excluding hydrogens is 238 g/mol. The zero-order valence-electron chi connectivity index (χ0n) is 10.7. The average molecular weight is 253 g/mol. The molecule has 2 aromatic rings. The molecule has 0 aliphatic carbocycles. The highest BCUT2D eigenvalue weighted by atomic mass is 16.5. The molecule has 19 heavy (non-hydrogen) atoms. The molecule has 2 rings (SSSR count). The molecule has 96 valence electrons. The predicted molar refractivity (Wildman–Crippen MR) is 75.2 cm³/mol. The summed E-state index contributed by atoms with van der Waals surface area (Å²) in [6.45, 7) is 1.62. The van der Waals surface area contributed by atoms with Gasteiger partial charge in [-0.05, 0) is 23.8 Å². The number of carbonyl (C=O) groups excluding carboxylic acids is 1. The van der Waals surface area contributed by atoms with Crippen molar-refractivity contribution in [3.63, 3.8) is 0 Å². The van der Waals surface area contributed by atoms with Crippen molar-refractivity contribution in [3.05, 3.63) is 66.0 Å². The predicted octanol–water partition coefficient (Wildman–Crippen LogP) is 3.19. The van der Waals surface area contributed by atoms with E-state index in [0.29, 0.717) is 0 Å². The van der Waals surface area contributed by atoms with E-state index < -0.39 is 0 Å². The minimum Gasteiger partial charge on any atom is -0.461 e. The van der Waals surface area contributed by atoms with Crippen LogP contribution in [0.1, 0.15) is 18.2 Å². The Kier molecular flexibility index (Phi) is 4.45. The highest BCUT2D eigenvalue weighted by Crippen LogP contribution is 2.16. The van der Waals surface area contributed by atoms with Gasteiger partial charge in [0.15, 0.2) is 0 Å². The van der Waals surface area contributed by atoms with Crippen LogP contribution in [0.15, 0.2) is 54.7 Å². The van der Waals surface area contributed by atoms with E-state index in [1.165, 1.54) is 6.92 Å². The summed E-state index contributed by atoms with van der Waals surface area (Å²) in [6, 6.07) is 15.6. The summed E-state index contributed by atoms with van der Waals surface area (Å²) < 4.78 is 5.08. The lowest BCUT2D eigenvalue weighted by Gasteiger charge is -2.07. The number of nitrogens with zero attached hydrogens (tertiary/aromatic N) is 1. The third-order valence-electron chi connectivity index (χ3n) is 2.57. The number of hydrogen-bond donors (Lipinski definition) is 0. The Morgan fingerprint density at radius 2 is 1.89 bits per heavy atom. The number of aromatic nitrogens is 1. The first-order chi connectivity index (χ1) is 9.25. The first-order valence-corrected chi connectivity index (χ1v) is 6.06. The van der Waals surface area contributed by atoms with Crippen LogP contribution in [0.2, 0.25) is 0 Å². The SMILES string of the molecule is CC(=O)OC/C(=C\c1ccccc1)c1ccccn1. The van der Waals surface area contributed by atoms with Gasteiger partial charge in [-0.25, -0.2) is 0 Å². The van der Waals surface area contributed by atoms with Crippen LogP contribution in [-0.4, -0.2) is 17.6 Å². The topological polar surface area (TPSA) is 39.2 Å². The highest BCUT2D eigenvalue weighted by Gasteiger charge is 2.05. The Morgan fingerprint density at radius 1 is 1.16 bits per heavy atom. The van der Waals surface area contributed by atoms with Crippen molar-refractivity contribution in [1.82, 2.24) is 4.98 Å². The molecule has 0 bridgehead atoms. The molecule has 0 N–H and O–H groups in total. The van der Waals surface area contributed by atoms with Gasteiger partial charge in [0, 0.05) is 18.7 Å². The van der Waals surface area contributed by atoms with E-state index in [1.807, 2.05) is 54.6 Å². The van der Waals surface area contributed by atoms with Gasteiger partial charge in [-0.3, -0.25) is 9.78 Å². The highest BCUT2D eigenvalue weighted by molar-refractivity contribution is 5.81. The smallest absolute Gasteiger partial charge is 0.302 e. The maximum Gasteiger partial charge on any atom is 0.302 e. The molecule has 3 heteroatoms. The normalized spacial score (nSPS) is 11.1. The molecule has 0 saturated carbocycles. The van der Waals surface area contributed by atoms with Gasteiger partial charge in [0.05, 0.1) is 5.69 Å². The van der Waals surface area contributed by atoms with Crippen LogP contribution < -0.4 is 0 Å². The van der Waals surface area contributed by atoms with E-state index in [2.05, 4.69) is 4.98 Å². The molecule has 0 aliphatic heterocycles. The summed E-state index contributed by atoms with van der Waals surface area (Å²) in [5.41, 5.74) is 2.74. The maximum absolute atomic E-state index is 11.0. The van der Waals surface area contributed by atoms with Gasteiger partial charge in [0.2, 0.25) is 0 Å². The van der Waals surface area contributed by atoms with Crippen molar-refractivity contribution in [2.75, 3.05) is 6.61 Å². The molecule has 0 fully saturated rings. The van der Waals surface area contributed by atoms with E-state index >= 15 is 0 Å². The third-order valence-corrected chi connectivity index (χ3v) is 2.57. The summed E-state index contributed by atoms with van der Waals surface area (Å²) in [7, 11) is 0. The van der Waals surface area contributed by atoms with Crippen LogP contribution in [0.4, 0.5) is 0 Å². The van der Waals surface area contributed by atoms with Crippen molar-refractivity contribution in [2.45, 2.75) is 6.92 Å². The lowest BCUT2D eigenvalue weighted by atomic mass is 10.1. The minimum absolute atomic E-state index is 0.223. The van der Waals surface area contributed by atoms with Gasteiger partial charge in [-0.2, -0.15) is 0 Å². The van der Waals surface area contributed by atoms with Crippen LogP contribution in [0.3, 0.4) is 0 Å². The summed E-state index contributed by atoms with van der Waals surface area (Å²) in [5.74, 6) is -0.296. The Hall–Kier alpha value is -2.42. The van der Waals surface area contributed by atoms with Crippen molar-refractivity contribution in [1.29, 1.82) is 0 Å². The first-order valence-electron chi connectivity index (χ1n) is 6.06. The molecule has 0 aliphatic rings. The molecule has 0 spiro atoms. The molecule has 3 nitrogen and oxygen atoms in total. The number of benzene rings is 1. The fraction of sp³-hybridized carbons (Fsp3) is 0.125. The van der Waals surface area contributed by atoms with E-state index in [4.69, 9.17) is 4.74 Å². The number of carbonyl (C=O) groups is 1. The quantitative estimate of drug-likeness (QED) is 0.785. The van der Waals surface area contributed by atoms with E-state index in [-0.39, 0.29) is 12.6 Å². The van der Waals surface area contributed by atoms with Gasteiger partial charge in [0.25, 0.3) is 0 Å². The largest absolute Gasteiger partial charge is 0.461 e. The molecule has 1 heterocycles. The molecule has 0 amide bonds. The van der Waals surface area contributed by atoms with Gasteiger partial charge < -0.3 is 4.74 Å². The van der Waals surface area contributed by atoms with Crippen LogP contribution >= 0.6 is 0 Å². The van der Waals surface area contributed by atoms with Gasteiger partial charge >= 0.3 is 5.97 Å².